The predicted octanol–water partition coefficient (Wildman–Crippen LogP) is 0.497. The van der Waals surface area contributed by atoms with Gasteiger partial charge in [-0.3, -0.25) is 4.79 Å². The molecule has 0 unspecified atom stereocenters. The van der Waals surface area contributed by atoms with Gasteiger partial charge in [0, 0.05) is 6.54 Å². The molecule has 1 aromatic rings. The number of carboxylic acid groups (broad SMARTS) is 1. The minimum atomic E-state index is -3.86. The van der Waals surface area contributed by atoms with Crippen molar-refractivity contribution in [3.8, 4) is 0 Å². The number of aromatic carboxylic acids is 1. The fourth-order valence-electron chi connectivity index (χ4n) is 1.19. The lowest BCUT2D eigenvalue weighted by atomic mass is 10.2. The molecule has 0 atom stereocenters. The summed E-state index contributed by atoms with van der Waals surface area (Å²) in [6.07, 6.45) is 0. The van der Waals surface area contributed by atoms with Crippen LogP contribution in [0.1, 0.15) is 23.5 Å². The third kappa shape index (κ3) is 4.91. The molecule has 0 aliphatic rings. The van der Waals surface area contributed by atoms with E-state index in [1.54, 1.807) is 0 Å². The molecule has 0 spiro atoms. The highest BCUT2D eigenvalue weighted by atomic mass is 32.2. The molecule has 1 amide bonds. The second kappa shape index (κ2) is 6.82. The molecule has 7 nitrogen and oxygen atoms in total. The number of sulfonamides is 1. The number of carboxylic acids is 1. The summed E-state index contributed by atoms with van der Waals surface area (Å²) >= 11 is 0.636. The molecule has 1 rings (SSSR count). The lowest BCUT2D eigenvalue weighted by Crippen LogP contribution is -2.38. The van der Waals surface area contributed by atoms with Crippen molar-refractivity contribution in [2.75, 3.05) is 13.1 Å². The van der Waals surface area contributed by atoms with Gasteiger partial charge in [0.1, 0.15) is 9.09 Å². The summed E-state index contributed by atoms with van der Waals surface area (Å²) in [5.41, 5.74) is 0. The molecule has 0 aliphatic heterocycles. The van der Waals surface area contributed by atoms with Crippen molar-refractivity contribution >= 4 is 33.2 Å². The maximum atomic E-state index is 11.8. The second-order valence-corrected chi connectivity index (χ2v) is 7.52. The monoisotopic (exact) mass is 320 g/mol. The average Bonchev–Trinajstić information content (AvgIpc) is 2.84. The van der Waals surface area contributed by atoms with Gasteiger partial charge in [-0.25, -0.2) is 17.9 Å². The van der Waals surface area contributed by atoms with E-state index in [2.05, 4.69) is 10.0 Å². The summed E-state index contributed by atoms with van der Waals surface area (Å²) in [7, 11) is -3.86. The average molecular weight is 320 g/mol. The first kappa shape index (κ1) is 16.6. The van der Waals surface area contributed by atoms with Gasteiger partial charge in [-0.1, -0.05) is 13.8 Å². The molecule has 0 saturated heterocycles. The van der Waals surface area contributed by atoms with E-state index in [0.29, 0.717) is 17.9 Å². The van der Waals surface area contributed by atoms with Crippen LogP contribution in [0.5, 0.6) is 0 Å². The van der Waals surface area contributed by atoms with Gasteiger partial charge in [-0.15, -0.1) is 11.3 Å². The van der Waals surface area contributed by atoms with E-state index < -0.39 is 21.9 Å². The Morgan fingerprint density at radius 1 is 1.35 bits per heavy atom. The van der Waals surface area contributed by atoms with Crippen LogP contribution in [-0.2, 0) is 14.8 Å². The van der Waals surface area contributed by atoms with Crippen molar-refractivity contribution in [3.05, 3.63) is 17.0 Å². The molecule has 9 heteroatoms. The molecule has 0 bridgehead atoms. The minimum absolute atomic E-state index is 0.0744. The molecule has 3 N–H and O–H groups in total. The fraction of sp³-hybridized carbons (Fsp3) is 0.455. The van der Waals surface area contributed by atoms with Crippen LogP contribution < -0.4 is 10.0 Å². The van der Waals surface area contributed by atoms with Crippen molar-refractivity contribution in [1.82, 2.24) is 10.0 Å². The molecular weight excluding hydrogens is 304 g/mol. The van der Waals surface area contributed by atoms with E-state index in [1.165, 1.54) is 12.1 Å². The van der Waals surface area contributed by atoms with E-state index in [0.717, 1.165) is 0 Å². The first-order chi connectivity index (χ1) is 9.22. The van der Waals surface area contributed by atoms with Crippen molar-refractivity contribution in [1.29, 1.82) is 0 Å². The number of carbonyl (C=O) groups is 2. The van der Waals surface area contributed by atoms with Gasteiger partial charge >= 0.3 is 5.97 Å². The van der Waals surface area contributed by atoms with E-state index in [9.17, 15) is 18.0 Å². The van der Waals surface area contributed by atoms with Gasteiger partial charge in [-0.05, 0) is 18.1 Å². The van der Waals surface area contributed by atoms with Crippen LogP contribution in [0.3, 0.4) is 0 Å². The zero-order valence-corrected chi connectivity index (χ0v) is 12.7. The maximum absolute atomic E-state index is 11.8. The van der Waals surface area contributed by atoms with E-state index in [-0.39, 0.29) is 21.5 Å². The molecule has 1 heterocycles. The number of amides is 1. The summed E-state index contributed by atoms with van der Waals surface area (Å²) in [5, 5.41) is 11.3. The molecule has 0 radical (unpaired) electrons. The SMILES string of the molecule is CC(C)CNC(=O)CNS(=O)(=O)c1ccc(C(=O)O)s1. The Morgan fingerprint density at radius 2 is 2.00 bits per heavy atom. The van der Waals surface area contributed by atoms with Crippen molar-refractivity contribution < 1.29 is 23.1 Å². The topological polar surface area (TPSA) is 113 Å². The molecular formula is C11H16N2O5S2. The predicted molar refractivity (Wildman–Crippen MR) is 74.3 cm³/mol. The summed E-state index contributed by atoms with van der Waals surface area (Å²) in [6, 6.07) is 2.41. The lowest BCUT2D eigenvalue weighted by Gasteiger charge is -2.08. The highest BCUT2D eigenvalue weighted by Gasteiger charge is 2.19. The Morgan fingerprint density at radius 3 is 2.50 bits per heavy atom. The minimum Gasteiger partial charge on any atom is -0.477 e. The van der Waals surface area contributed by atoms with E-state index in [1.807, 2.05) is 13.8 Å². The third-order valence-corrected chi connectivity index (χ3v) is 5.15. The lowest BCUT2D eigenvalue weighted by molar-refractivity contribution is -0.120. The van der Waals surface area contributed by atoms with Gasteiger partial charge in [0.15, 0.2) is 0 Å². The van der Waals surface area contributed by atoms with Crippen molar-refractivity contribution in [2.24, 2.45) is 5.92 Å². The Bertz CT molecular complexity index is 592. The number of carbonyl (C=O) groups excluding carboxylic acids is 1. The molecule has 0 fully saturated rings. The summed E-state index contributed by atoms with van der Waals surface area (Å²) < 4.78 is 25.7. The smallest absolute Gasteiger partial charge is 0.345 e. The van der Waals surface area contributed by atoms with Crippen LogP contribution in [0.2, 0.25) is 0 Å². The van der Waals surface area contributed by atoms with Gasteiger partial charge < -0.3 is 10.4 Å². The number of rotatable bonds is 7. The zero-order chi connectivity index (χ0) is 15.3. The number of hydrogen-bond donors (Lipinski definition) is 3. The quantitative estimate of drug-likeness (QED) is 0.677. The number of nitrogens with one attached hydrogen (secondary N) is 2. The maximum Gasteiger partial charge on any atom is 0.345 e. The standard InChI is InChI=1S/C11H16N2O5S2/c1-7(2)5-12-9(14)6-13-20(17,18)10-4-3-8(19-10)11(15)16/h3-4,7,13H,5-6H2,1-2H3,(H,12,14)(H,15,16). The van der Waals surface area contributed by atoms with Gasteiger partial charge in [0.2, 0.25) is 5.91 Å². The highest BCUT2D eigenvalue weighted by Crippen LogP contribution is 2.21. The van der Waals surface area contributed by atoms with Gasteiger partial charge in [-0.2, -0.15) is 0 Å². The molecule has 0 saturated carbocycles. The Kier molecular flexibility index (Phi) is 5.66. The zero-order valence-electron chi connectivity index (χ0n) is 11.0. The number of thiophene rings is 1. The van der Waals surface area contributed by atoms with Crippen LogP contribution in [0.15, 0.2) is 16.3 Å². The van der Waals surface area contributed by atoms with Gasteiger partial charge in [0.25, 0.3) is 10.0 Å². The van der Waals surface area contributed by atoms with Crippen molar-refractivity contribution in [2.45, 2.75) is 18.1 Å². The molecule has 112 valence electrons. The van der Waals surface area contributed by atoms with Crippen LogP contribution in [0.25, 0.3) is 0 Å². The highest BCUT2D eigenvalue weighted by molar-refractivity contribution is 7.91. The largest absolute Gasteiger partial charge is 0.477 e. The Labute approximate surface area is 121 Å². The van der Waals surface area contributed by atoms with Crippen LogP contribution in [0.4, 0.5) is 0 Å². The van der Waals surface area contributed by atoms with Crippen LogP contribution in [0, 0.1) is 5.92 Å². The Balaban J connectivity index is 2.61. The van der Waals surface area contributed by atoms with Crippen molar-refractivity contribution in [3.63, 3.8) is 0 Å². The fourth-order valence-corrected chi connectivity index (χ4v) is 3.36. The third-order valence-electron chi connectivity index (χ3n) is 2.19. The van der Waals surface area contributed by atoms with Crippen LogP contribution >= 0.6 is 11.3 Å². The normalized spacial score (nSPS) is 11.6. The number of hydrogen-bond acceptors (Lipinski definition) is 5. The molecule has 20 heavy (non-hydrogen) atoms. The molecule has 0 aromatic carbocycles. The molecule has 1 aromatic heterocycles. The summed E-state index contributed by atoms with van der Waals surface area (Å²) in [4.78, 5) is 22.0. The second-order valence-electron chi connectivity index (χ2n) is 4.45. The van der Waals surface area contributed by atoms with E-state index >= 15 is 0 Å². The van der Waals surface area contributed by atoms with Crippen LogP contribution in [-0.4, -0.2) is 38.5 Å². The Hall–Kier alpha value is -1.45. The summed E-state index contributed by atoms with van der Waals surface area (Å²) in [5.74, 6) is -1.35. The van der Waals surface area contributed by atoms with E-state index in [4.69, 9.17) is 5.11 Å². The molecule has 0 aliphatic carbocycles. The van der Waals surface area contributed by atoms with Gasteiger partial charge in [0.05, 0.1) is 6.54 Å². The summed E-state index contributed by atoms with van der Waals surface area (Å²) in [6.45, 7) is 3.92. The first-order valence-electron chi connectivity index (χ1n) is 5.82. The first-order valence-corrected chi connectivity index (χ1v) is 8.12.